The predicted octanol–water partition coefficient (Wildman–Crippen LogP) is 3.41. The summed E-state index contributed by atoms with van der Waals surface area (Å²) in [6.45, 7) is 4.69. The average Bonchev–Trinajstić information content (AvgIpc) is 3.10. The SMILES string of the molecule is CCn1c(SCC(=O)Nc2cc(C)ccc2OC)nnc1-c1cccnc1. The zero-order chi connectivity index (χ0) is 19.2. The second-order valence-corrected chi connectivity index (χ2v) is 6.78. The molecule has 0 radical (unpaired) electrons. The van der Waals surface area contributed by atoms with Crippen LogP contribution in [0.5, 0.6) is 5.75 Å². The maximum Gasteiger partial charge on any atom is 0.234 e. The number of benzene rings is 1. The third-order valence-corrected chi connectivity index (χ3v) is 4.88. The smallest absolute Gasteiger partial charge is 0.234 e. The largest absolute Gasteiger partial charge is 0.495 e. The zero-order valence-electron chi connectivity index (χ0n) is 15.5. The molecule has 0 bridgehead atoms. The molecule has 0 saturated heterocycles. The number of rotatable bonds is 7. The molecular weight excluding hydrogens is 362 g/mol. The molecule has 140 valence electrons. The lowest BCUT2D eigenvalue weighted by molar-refractivity contribution is -0.113. The molecule has 0 aliphatic heterocycles. The number of ether oxygens (including phenoxy) is 1. The Balaban J connectivity index is 1.69. The van der Waals surface area contributed by atoms with Crippen LogP contribution in [0.3, 0.4) is 0 Å². The quantitative estimate of drug-likeness (QED) is 0.630. The summed E-state index contributed by atoms with van der Waals surface area (Å²) in [6, 6.07) is 9.46. The molecule has 7 nitrogen and oxygen atoms in total. The number of amides is 1. The van der Waals surface area contributed by atoms with Crippen LogP contribution in [0.25, 0.3) is 11.4 Å². The van der Waals surface area contributed by atoms with Gasteiger partial charge in [0.1, 0.15) is 5.75 Å². The molecule has 1 N–H and O–H groups in total. The number of nitrogens with zero attached hydrogens (tertiary/aromatic N) is 4. The average molecular weight is 383 g/mol. The number of carbonyl (C=O) groups excluding carboxylic acids is 1. The summed E-state index contributed by atoms with van der Waals surface area (Å²) in [5.74, 6) is 1.48. The van der Waals surface area contributed by atoms with E-state index in [-0.39, 0.29) is 11.7 Å². The van der Waals surface area contributed by atoms with E-state index in [1.807, 2.05) is 48.7 Å². The fourth-order valence-electron chi connectivity index (χ4n) is 2.63. The van der Waals surface area contributed by atoms with Crippen LogP contribution in [0.1, 0.15) is 12.5 Å². The van der Waals surface area contributed by atoms with Gasteiger partial charge < -0.3 is 14.6 Å². The molecule has 0 atom stereocenters. The van der Waals surface area contributed by atoms with Crippen molar-refractivity contribution in [3.05, 3.63) is 48.3 Å². The maximum absolute atomic E-state index is 12.4. The summed E-state index contributed by atoms with van der Waals surface area (Å²) in [5.41, 5.74) is 2.61. The molecule has 8 heteroatoms. The molecule has 0 saturated carbocycles. The van der Waals surface area contributed by atoms with Crippen molar-refractivity contribution in [1.82, 2.24) is 19.7 Å². The lowest BCUT2D eigenvalue weighted by Crippen LogP contribution is -2.15. The van der Waals surface area contributed by atoms with Gasteiger partial charge in [0.2, 0.25) is 5.91 Å². The molecule has 0 spiro atoms. The van der Waals surface area contributed by atoms with Crippen LogP contribution in [0.4, 0.5) is 5.69 Å². The predicted molar refractivity (Wildman–Crippen MR) is 106 cm³/mol. The highest BCUT2D eigenvalue weighted by atomic mass is 32.2. The first-order chi connectivity index (χ1) is 13.1. The number of nitrogens with one attached hydrogen (secondary N) is 1. The van der Waals surface area contributed by atoms with Crippen LogP contribution in [0.15, 0.2) is 47.9 Å². The second kappa shape index (κ2) is 8.68. The van der Waals surface area contributed by atoms with E-state index in [1.165, 1.54) is 11.8 Å². The Morgan fingerprint density at radius 3 is 2.85 bits per heavy atom. The van der Waals surface area contributed by atoms with E-state index in [9.17, 15) is 4.79 Å². The van der Waals surface area contributed by atoms with Gasteiger partial charge in [-0.3, -0.25) is 9.78 Å². The Bertz CT molecular complexity index is 927. The molecule has 27 heavy (non-hydrogen) atoms. The summed E-state index contributed by atoms with van der Waals surface area (Å²) < 4.78 is 7.27. The number of anilines is 1. The van der Waals surface area contributed by atoms with Crippen LogP contribution in [0, 0.1) is 6.92 Å². The van der Waals surface area contributed by atoms with Gasteiger partial charge in [-0.1, -0.05) is 17.8 Å². The first-order valence-corrected chi connectivity index (χ1v) is 9.51. The molecule has 1 aromatic carbocycles. The van der Waals surface area contributed by atoms with Gasteiger partial charge in [0.15, 0.2) is 11.0 Å². The Kier molecular flexibility index (Phi) is 6.08. The summed E-state index contributed by atoms with van der Waals surface area (Å²) in [5, 5.41) is 12.1. The van der Waals surface area contributed by atoms with Crippen molar-refractivity contribution >= 4 is 23.4 Å². The van der Waals surface area contributed by atoms with Gasteiger partial charge in [-0.25, -0.2) is 0 Å². The van der Waals surface area contributed by atoms with Crippen molar-refractivity contribution in [1.29, 1.82) is 0 Å². The lowest BCUT2D eigenvalue weighted by Gasteiger charge is -2.11. The van der Waals surface area contributed by atoms with Crippen LogP contribution < -0.4 is 10.1 Å². The third kappa shape index (κ3) is 4.46. The normalized spacial score (nSPS) is 10.6. The van der Waals surface area contributed by atoms with Gasteiger partial charge in [-0.2, -0.15) is 0 Å². The first kappa shape index (κ1) is 18.9. The van der Waals surface area contributed by atoms with Crippen LogP contribution in [0.2, 0.25) is 0 Å². The van der Waals surface area contributed by atoms with Crippen LogP contribution >= 0.6 is 11.8 Å². The highest BCUT2D eigenvalue weighted by Crippen LogP contribution is 2.27. The molecule has 0 fully saturated rings. The minimum Gasteiger partial charge on any atom is -0.495 e. The molecule has 0 aliphatic rings. The molecule has 0 aliphatic carbocycles. The Hall–Kier alpha value is -2.87. The fraction of sp³-hybridized carbons (Fsp3) is 0.263. The summed E-state index contributed by atoms with van der Waals surface area (Å²) in [7, 11) is 1.58. The van der Waals surface area contributed by atoms with Crippen molar-refractivity contribution in [3.63, 3.8) is 0 Å². The Morgan fingerprint density at radius 2 is 2.15 bits per heavy atom. The number of methoxy groups -OCH3 is 1. The number of thioether (sulfide) groups is 1. The van der Waals surface area contributed by atoms with Crippen molar-refractivity contribution in [3.8, 4) is 17.1 Å². The van der Waals surface area contributed by atoms with Gasteiger partial charge in [-0.15, -0.1) is 10.2 Å². The minimum atomic E-state index is -0.127. The van der Waals surface area contributed by atoms with Crippen molar-refractivity contribution in [2.45, 2.75) is 25.5 Å². The Morgan fingerprint density at radius 1 is 1.30 bits per heavy atom. The summed E-state index contributed by atoms with van der Waals surface area (Å²) >= 11 is 1.35. The highest BCUT2D eigenvalue weighted by Gasteiger charge is 2.15. The number of pyridine rings is 1. The summed E-state index contributed by atoms with van der Waals surface area (Å²) in [6.07, 6.45) is 3.47. The van der Waals surface area contributed by atoms with Gasteiger partial charge in [-0.05, 0) is 43.7 Å². The number of aromatic nitrogens is 4. The molecule has 3 aromatic rings. The maximum atomic E-state index is 12.4. The van der Waals surface area contributed by atoms with Crippen molar-refractivity contribution in [2.24, 2.45) is 0 Å². The number of aryl methyl sites for hydroxylation is 1. The number of hydrogen-bond donors (Lipinski definition) is 1. The molecule has 0 unspecified atom stereocenters. The van der Waals surface area contributed by atoms with Crippen molar-refractivity contribution < 1.29 is 9.53 Å². The second-order valence-electron chi connectivity index (χ2n) is 5.83. The van der Waals surface area contributed by atoms with E-state index < -0.39 is 0 Å². The molecule has 3 rings (SSSR count). The van der Waals surface area contributed by atoms with E-state index in [4.69, 9.17) is 4.74 Å². The van der Waals surface area contributed by atoms with Gasteiger partial charge in [0, 0.05) is 24.5 Å². The van der Waals surface area contributed by atoms with Crippen molar-refractivity contribution in [2.75, 3.05) is 18.2 Å². The van der Waals surface area contributed by atoms with Crippen LogP contribution in [-0.2, 0) is 11.3 Å². The first-order valence-electron chi connectivity index (χ1n) is 8.53. The van der Waals surface area contributed by atoms with E-state index in [0.717, 1.165) is 17.0 Å². The Labute approximate surface area is 162 Å². The minimum absolute atomic E-state index is 0.127. The van der Waals surface area contributed by atoms with E-state index in [2.05, 4.69) is 20.5 Å². The fourth-order valence-corrected chi connectivity index (χ4v) is 3.43. The van der Waals surface area contributed by atoms with E-state index in [1.54, 1.807) is 19.5 Å². The van der Waals surface area contributed by atoms with Gasteiger partial charge >= 0.3 is 0 Å². The monoisotopic (exact) mass is 383 g/mol. The number of hydrogen-bond acceptors (Lipinski definition) is 6. The molecular formula is C19H21N5O2S. The van der Waals surface area contributed by atoms with Gasteiger partial charge in [0.25, 0.3) is 0 Å². The van der Waals surface area contributed by atoms with Crippen LogP contribution in [-0.4, -0.2) is 38.5 Å². The molecule has 2 aromatic heterocycles. The summed E-state index contributed by atoms with van der Waals surface area (Å²) in [4.78, 5) is 16.5. The lowest BCUT2D eigenvalue weighted by atomic mass is 10.2. The zero-order valence-corrected chi connectivity index (χ0v) is 16.3. The van der Waals surface area contributed by atoms with E-state index in [0.29, 0.717) is 23.1 Å². The van der Waals surface area contributed by atoms with Gasteiger partial charge in [0.05, 0.1) is 18.6 Å². The molecule has 1 amide bonds. The topological polar surface area (TPSA) is 81.9 Å². The highest BCUT2D eigenvalue weighted by molar-refractivity contribution is 7.99. The molecule has 2 heterocycles. The standard InChI is InChI=1S/C19H21N5O2S/c1-4-24-18(14-6-5-9-20-11-14)22-23-19(24)27-12-17(25)21-15-10-13(2)7-8-16(15)26-3/h5-11H,4,12H2,1-3H3,(H,21,25). The number of carbonyl (C=O) groups is 1. The van der Waals surface area contributed by atoms with E-state index >= 15 is 0 Å². The third-order valence-electron chi connectivity index (χ3n) is 3.91.